The van der Waals surface area contributed by atoms with Crippen molar-refractivity contribution in [3.05, 3.63) is 35.4 Å². The van der Waals surface area contributed by atoms with E-state index < -0.39 is 0 Å². The Morgan fingerprint density at radius 3 is 3.00 bits per heavy atom. The van der Waals surface area contributed by atoms with Crippen molar-refractivity contribution in [2.24, 2.45) is 5.92 Å². The van der Waals surface area contributed by atoms with Crippen LogP contribution in [0.1, 0.15) is 49.7 Å². The number of benzene rings is 1. The van der Waals surface area contributed by atoms with Gasteiger partial charge in [0.1, 0.15) is 0 Å². The van der Waals surface area contributed by atoms with E-state index in [0.29, 0.717) is 17.9 Å². The zero-order valence-electron chi connectivity index (χ0n) is 12.6. The molecule has 3 unspecified atom stereocenters. The molecule has 0 radical (unpaired) electrons. The maximum atomic E-state index is 5.66. The van der Waals surface area contributed by atoms with Gasteiger partial charge in [0, 0.05) is 18.6 Å². The van der Waals surface area contributed by atoms with Gasteiger partial charge in [0.05, 0.1) is 6.61 Å². The largest absolute Gasteiger partial charge is 0.381 e. The number of ether oxygens (including phenoxy) is 1. The van der Waals surface area contributed by atoms with Crippen LogP contribution in [-0.4, -0.2) is 25.8 Å². The van der Waals surface area contributed by atoms with E-state index in [1.54, 1.807) is 11.1 Å². The molecule has 1 heterocycles. The number of nitrogens with one attached hydrogen (secondary N) is 1. The van der Waals surface area contributed by atoms with E-state index in [9.17, 15) is 0 Å². The van der Waals surface area contributed by atoms with Crippen LogP contribution in [0.2, 0.25) is 0 Å². The summed E-state index contributed by atoms with van der Waals surface area (Å²) in [5.74, 6) is 1.37. The van der Waals surface area contributed by atoms with E-state index in [1.807, 2.05) is 0 Å². The van der Waals surface area contributed by atoms with Gasteiger partial charge < -0.3 is 10.1 Å². The lowest BCUT2D eigenvalue weighted by molar-refractivity contribution is 0.170. The van der Waals surface area contributed by atoms with Crippen molar-refractivity contribution in [1.29, 1.82) is 0 Å². The SMILES string of the molecule is CCCNC(C1CCOC1)C1CCCc2ccccc21. The number of aryl methyl sites for hydroxylation is 1. The van der Waals surface area contributed by atoms with Gasteiger partial charge in [0.25, 0.3) is 0 Å². The predicted molar refractivity (Wildman–Crippen MR) is 83.1 cm³/mol. The van der Waals surface area contributed by atoms with Crippen LogP contribution in [0.5, 0.6) is 0 Å². The lowest BCUT2D eigenvalue weighted by atomic mass is 9.74. The highest BCUT2D eigenvalue weighted by Gasteiger charge is 2.34. The number of hydrogen-bond donors (Lipinski definition) is 1. The van der Waals surface area contributed by atoms with E-state index in [4.69, 9.17) is 4.74 Å². The third-order valence-corrected chi connectivity index (χ3v) is 4.95. The van der Waals surface area contributed by atoms with Gasteiger partial charge in [-0.2, -0.15) is 0 Å². The Bertz CT molecular complexity index is 425. The van der Waals surface area contributed by atoms with Crippen molar-refractivity contribution in [2.75, 3.05) is 19.8 Å². The normalized spacial score (nSPS) is 27.2. The predicted octanol–water partition coefficient (Wildman–Crippen LogP) is 3.51. The molecule has 1 aliphatic carbocycles. The molecule has 1 fully saturated rings. The van der Waals surface area contributed by atoms with Gasteiger partial charge in [0.15, 0.2) is 0 Å². The van der Waals surface area contributed by atoms with Crippen molar-refractivity contribution >= 4 is 0 Å². The van der Waals surface area contributed by atoms with E-state index >= 15 is 0 Å². The van der Waals surface area contributed by atoms with E-state index in [0.717, 1.165) is 19.8 Å². The molecule has 3 atom stereocenters. The van der Waals surface area contributed by atoms with Crippen molar-refractivity contribution < 1.29 is 4.74 Å². The average molecular weight is 273 g/mol. The first kappa shape index (κ1) is 14.1. The molecule has 0 saturated carbocycles. The van der Waals surface area contributed by atoms with Crippen LogP contribution in [0, 0.1) is 5.92 Å². The van der Waals surface area contributed by atoms with Crippen LogP contribution >= 0.6 is 0 Å². The first-order valence-corrected chi connectivity index (χ1v) is 8.29. The lowest BCUT2D eigenvalue weighted by Gasteiger charge is -2.36. The number of hydrogen-bond acceptors (Lipinski definition) is 2. The average Bonchev–Trinajstić information content (AvgIpc) is 3.02. The zero-order valence-corrected chi connectivity index (χ0v) is 12.6. The Labute approximate surface area is 122 Å². The van der Waals surface area contributed by atoms with Gasteiger partial charge in [-0.15, -0.1) is 0 Å². The van der Waals surface area contributed by atoms with Crippen LogP contribution < -0.4 is 5.32 Å². The van der Waals surface area contributed by atoms with Crippen LogP contribution in [0.3, 0.4) is 0 Å². The molecule has 20 heavy (non-hydrogen) atoms. The smallest absolute Gasteiger partial charge is 0.0510 e. The van der Waals surface area contributed by atoms with Gasteiger partial charge in [-0.25, -0.2) is 0 Å². The fraction of sp³-hybridized carbons (Fsp3) is 0.667. The maximum Gasteiger partial charge on any atom is 0.0510 e. The van der Waals surface area contributed by atoms with Gasteiger partial charge in [0.2, 0.25) is 0 Å². The summed E-state index contributed by atoms with van der Waals surface area (Å²) >= 11 is 0. The summed E-state index contributed by atoms with van der Waals surface area (Å²) in [4.78, 5) is 0. The van der Waals surface area contributed by atoms with Crippen molar-refractivity contribution in [3.8, 4) is 0 Å². The highest BCUT2D eigenvalue weighted by Crippen LogP contribution is 2.38. The molecule has 1 aliphatic heterocycles. The van der Waals surface area contributed by atoms with E-state index in [2.05, 4.69) is 36.5 Å². The molecule has 0 aromatic heterocycles. The minimum Gasteiger partial charge on any atom is -0.381 e. The Kier molecular flexibility index (Phi) is 4.74. The standard InChI is InChI=1S/C18H27NO/c1-2-11-19-18(15-10-12-20-13-15)17-9-5-7-14-6-3-4-8-16(14)17/h3-4,6,8,15,17-19H,2,5,7,9-13H2,1H3. The fourth-order valence-corrected chi connectivity index (χ4v) is 3.95. The lowest BCUT2D eigenvalue weighted by Crippen LogP contribution is -2.43. The quantitative estimate of drug-likeness (QED) is 0.886. The second-order valence-electron chi connectivity index (χ2n) is 6.30. The molecule has 2 nitrogen and oxygen atoms in total. The molecular formula is C18H27NO. The number of rotatable bonds is 5. The summed E-state index contributed by atoms with van der Waals surface area (Å²) in [6.45, 7) is 5.27. The number of fused-ring (bicyclic) bond motifs is 1. The molecule has 2 heteroatoms. The zero-order chi connectivity index (χ0) is 13.8. The third-order valence-electron chi connectivity index (χ3n) is 4.95. The minimum absolute atomic E-state index is 0.596. The van der Waals surface area contributed by atoms with Crippen LogP contribution in [0.25, 0.3) is 0 Å². The summed E-state index contributed by atoms with van der Waals surface area (Å²) in [5, 5.41) is 3.84. The summed E-state index contributed by atoms with van der Waals surface area (Å²) < 4.78 is 5.66. The Hall–Kier alpha value is -0.860. The molecule has 3 rings (SSSR count). The first-order chi connectivity index (χ1) is 9.90. The molecule has 0 spiro atoms. The molecule has 1 aromatic carbocycles. The second kappa shape index (κ2) is 6.73. The van der Waals surface area contributed by atoms with Gasteiger partial charge in [-0.05, 0) is 55.7 Å². The van der Waals surface area contributed by atoms with Crippen molar-refractivity contribution in [2.45, 2.75) is 51.0 Å². The van der Waals surface area contributed by atoms with E-state index in [-0.39, 0.29) is 0 Å². The van der Waals surface area contributed by atoms with Crippen molar-refractivity contribution in [3.63, 3.8) is 0 Å². The molecule has 0 amide bonds. The first-order valence-electron chi connectivity index (χ1n) is 8.29. The maximum absolute atomic E-state index is 5.66. The topological polar surface area (TPSA) is 21.3 Å². The molecular weight excluding hydrogens is 246 g/mol. The van der Waals surface area contributed by atoms with Crippen molar-refractivity contribution in [1.82, 2.24) is 5.32 Å². The fourth-order valence-electron chi connectivity index (χ4n) is 3.95. The third kappa shape index (κ3) is 2.91. The minimum atomic E-state index is 0.596. The highest BCUT2D eigenvalue weighted by molar-refractivity contribution is 5.34. The summed E-state index contributed by atoms with van der Waals surface area (Å²) in [7, 11) is 0. The van der Waals surface area contributed by atoms with Gasteiger partial charge in [-0.3, -0.25) is 0 Å². The van der Waals surface area contributed by atoms with Crippen LogP contribution in [-0.2, 0) is 11.2 Å². The second-order valence-corrected chi connectivity index (χ2v) is 6.30. The van der Waals surface area contributed by atoms with E-state index in [1.165, 1.54) is 32.1 Å². The Balaban J connectivity index is 1.83. The Morgan fingerprint density at radius 2 is 2.20 bits per heavy atom. The highest BCUT2D eigenvalue weighted by atomic mass is 16.5. The Morgan fingerprint density at radius 1 is 1.30 bits per heavy atom. The van der Waals surface area contributed by atoms with Crippen LogP contribution in [0.15, 0.2) is 24.3 Å². The molecule has 0 bridgehead atoms. The summed E-state index contributed by atoms with van der Waals surface area (Å²) in [5.41, 5.74) is 3.17. The molecule has 1 aromatic rings. The molecule has 1 N–H and O–H groups in total. The van der Waals surface area contributed by atoms with Gasteiger partial charge in [-0.1, -0.05) is 31.2 Å². The molecule has 1 saturated heterocycles. The van der Waals surface area contributed by atoms with Gasteiger partial charge >= 0.3 is 0 Å². The summed E-state index contributed by atoms with van der Waals surface area (Å²) in [6, 6.07) is 9.67. The monoisotopic (exact) mass is 273 g/mol. The summed E-state index contributed by atoms with van der Waals surface area (Å²) in [6.07, 6.45) is 6.35. The molecule has 2 aliphatic rings. The molecule has 110 valence electrons. The van der Waals surface area contributed by atoms with Crippen LogP contribution in [0.4, 0.5) is 0 Å².